The Bertz CT molecular complexity index is 1190. The summed E-state index contributed by atoms with van der Waals surface area (Å²) < 4.78 is 25.1. The number of methoxy groups -OCH3 is 1. The minimum Gasteiger partial charge on any atom is -0.494 e. The average molecular weight is 449 g/mol. The van der Waals surface area contributed by atoms with Crippen molar-refractivity contribution < 1.29 is 13.9 Å². The van der Waals surface area contributed by atoms with Crippen LogP contribution in [0.4, 0.5) is 10.2 Å². The molecule has 0 fully saturated rings. The van der Waals surface area contributed by atoms with Gasteiger partial charge < -0.3 is 14.8 Å². The number of benzene rings is 2. The molecule has 1 aliphatic rings. The Hall–Kier alpha value is -3.48. The van der Waals surface area contributed by atoms with Gasteiger partial charge in [-0.15, -0.1) is 0 Å². The highest BCUT2D eigenvalue weighted by Crippen LogP contribution is 2.34. The number of allylic oxidation sites excluding steroid dienone is 2. The molecule has 0 saturated carbocycles. The van der Waals surface area contributed by atoms with Crippen molar-refractivity contribution in [2.45, 2.75) is 39.7 Å². The van der Waals surface area contributed by atoms with E-state index >= 15 is 0 Å². The second-order valence-electron chi connectivity index (χ2n) is 8.46. The topological polar surface area (TPSA) is 68.6 Å². The summed E-state index contributed by atoms with van der Waals surface area (Å²) in [6.07, 6.45) is 5.58. The van der Waals surface area contributed by atoms with Crippen molar-refractivity contribution in [2.24, 2.45) is 10.9 Å². The smallest absolute Gasteiger partial charge is 0.211 e. The largest absolute Gasteiger partial charge is 0.494 e. The summed E-state index contributed by atoms with van der Waals surface area (Å²) >= 11 is 0. The molecule has 4 rings (SSSR count). The van der Waals surface area contributed by atoms with E-state index in [2.05, 4.69) is 35.2 Å². The Morgan fingerprint density at radius 2 is 1.88 bits per heavy atom. The molecule has 1 atom stereocenters. The minimum atomic E-state index is -0.277. The van der Waals surface area contributed by atoms with E-state index in [1.165, 1.54) is 18.5 Å². The van der Waals surface area contributed by atoms with Crippen LogP contribution in [-0.2, 0) is 4.74 Å². The maximum atomic E-state index is 13.5. The molecule has 1 aliphatic heterocycles. The highest BCUT2D eigenvalue weighted by Gasteiger charge is 2.24. The van der Waals surface area contributed by atoms with Gasteiger partial charge in [0, 0.05) is 11.1 Å². The van der Waals surface area contributed by atoms with E-state index in [-0.39, 0.29) is 17.8 Å². The number of nitrogens with zero attached hydrogens (tertiary/aromatic N) is 3. The van der Waals surface area contributed by atoms with Crippen molar-refractivity contribution in [3.63, 3.8) is 0 Å². The first-order valence-corrected chi connectivity index (χ1v) is 11.2. The SMILES string of the molecule is COc1cc(-c2ccc(F)cc2)cc2c(NC(/C3=N/C(C)=C/CCCO3)C(C)C)ncnc12. The second kappa shape index (κ2) is 9.98. The summed E-state index contributed by atoms with van der Waals surface area (Å²) in [7, 11) is 1.61. The van der Waals surface area contributed by atoms with Crippen molar-refractivity contribution in [3.8, 4) is 16.9 Å². The lowest BCUT2D eigenvalue weighted by Crippen LogP contribution is -2.37. The third kappa shape index (κ3) is 5.13. The van der Waals surface area contributed by atoms with Crippen LogP contribution in [0.2, 0.25) is 0 Å². The van der Waals surface area contributed by atoms with Crippen LogP contribution < -0.4 is 10.1 Å². The maximum Gasteiger partial charge on any atom is 0.211 e. The molecule has 172 valence electrons. The third-order valence-corrected chi connectivity index (χ3v) is 5.65. The van der Waals surface area contributed by atoms with Crippen LogP contribution in [0.25, 0.3) is 22.0 Å². The molecule has 0 spiro atoms. The predicted octanol–water partition coefficient (Wildman–Crippen LogP) is 5.99. The lowest BCUT2D eigenvalue weighted by atomic mass is 10.0. The molecule has 0 aliphatic carbocycles. The lowest BCUT2D eigenvalue weighted by Gasteiger charge is -2.26. The summed E-state index contributed by atoms with van der Waals surface area (Å²) in [6, 6.07) is 10.1. The number of aromatic nitrogens is 2. The summed E-state index contributed by atoms with van der Waals surface area (Å²) in [4.78, 5) is 13.7. The Morgan fingerprint density at radius 3 is 2.61 bits per heavy atom. The summed E-state index contributed by atoms with van der Waals surface area (Å²) in [5.74, 6) is 1.86. The highest BCUT2D eigenvalue weighted by atomic mass is 19.1. The van der Waals surface area contributed by atoms with Crippen LogP contribution in [0.15, 0.2) is 59.5 Å². The van der Waals surface area contributed by atoms with Gasteiger partial charge >= 0.3 is 0 Å². The van der Waals surface area contributed by atoms with Crippen molar-refractivity contribution in [1.82, 2.24) is 9.97 Å². The standard InChI is InChI=1S/C26H29FN4O2/c1-16(2)23(26-30-17(3)7-5-6-12-33-26)31-25-21-13-19(18-8-10-20(27)11-9-18)14-22(32-4)24(21)28-15-29-25/h7-11,13-16,23H,5-6,12H2,1-4H3,(H,28,29,31)/b17-7+,30-26-. The molecule has 0 saturated heterocycles. The molecule has 33 heavy (non-hydrogen) atoms. The molecule has 7 heteroatoms. The molecule has 0 radical (unpaired) electrons. The van der Waals surface area contributed by atoms with Crippen molar-refractivity contribution in [2.75, 3.05) is 19.0 Å². The molecule has 1 unspecified atom stereocenters. The molecule has 6 nitrogen and oxygen atoms in total. The zero-order chi connectivity index (χ0) is 23.4. The zero-order valence-corrected chi connectivity index (χ0v) is 19.4. The molecule has 1 N–H and O–H groups in total. The number of halogens is 1. The van der Waals surface area contributed by atoms with E-state index in [1.54, 1.807) is 19.2 Å². The molecule has 1 aromatic heterocycles. The van der Waals surface area contributed by atoms with Gasteiger partial charge in [-0.25, -0.2) is 19.4 Å². The monoisotopic (exact) mass is 448 g/mol. The molecular weight excluding hydrogens is 419 g/mol. The van der Waals surface area contributed by atoms with Gasteiger partial charge in [0.1, 0.15) is 35.3 Å². The van der Waals surface area contributed by atoms with Crippen molar-refractivity contribution in [1.29, 1.82) is 0 Å². The van der Waals surface area contributed by atoms with Gasteiger partial charge in [-0.2, -0.15) is 0 Å². The average Bonchev–Trinajstić information content (AvgIpc) is 2.79. The fourth-order valence-corrected chi connectivity index (χ4v) is 3.86. The lowest BCUT2D eigenvalue weighted by molar-refractivity contribution is 0.278. The van der Waals surface area contributed by atoms with E-state index in [0.717, 1.165) is 35.1 Å². The van der Waals surface area contributed by atoms with Gasteiger partial charge in [-0.05, 0) is 61.1 Å². The Balaban J connectivity index is 1.80. The number of ether oxygens (including phenoxy) is 2. The van der Waals surface area contributed by atoms with Gasteiger partial charge in [-0.3, -0.25) is 0 Å². The summed E-state index contributed by atoms with van der Waals surface area (Å²) in [6.45, 7) is 6.86. The van der Waals surface area contributed by atoms with E-state index < -0.39 is 0 Å². The van der Waals surface area contributed by atoms with Crippen LogP contribution in [0.1, 0.15) is 33.6 Å². The molecule has 3 aromatic rings. The Kier molecular flexibility index (Phi) is 6.87. The number of rotatable bonds is 6. The minimum absolute atomic E-state index is 0.176. The quantitative estimate of drug-likeness (QED) is 0.501. The number of hydrogen-bond donors (Lipinski definition) is 1. The van der Waals surface area contributed by atoms with Crippen LogP contribution >= 0.6 is 0 Å². The molecule has 0 bridgehead atoms. The second-order valence-corrected chi connectivity index (χ2v) is 8.46. The van der Waals surface area contributed by atoms with E-state index in [4.69, 9.17) is 14.5 Å². The Morgan fingerprint density at radius 1 is 1.09 bits per heavy atom. The fourth-order valence-electron chi connectivity index (χ4n) is 3.86. The number of aliphatic imine (C=N–C) groups is 1. The summed E-state index contributed by atoms with van der Waals surface area (Å²) in [5, 5.41) is 4.36. The molecule has 0 amide bonds. The zero-order valence-electron chi connectivity index (χ0n) is 19.4. The van der Waals surface area contributed by atoms with Crippen molar-refractivity contribution >= 4 is 22.6 Å². The van der Waals surface area contributed by atoms with Gasteiger partial charge in [0.05, 0.1) is 13.7 Å². The summed E-state index contributed by atoms with van der Waals surface area (Å²) in [5.41, 5.74) is 3.40. The van der Waals surface area contributed by atoms with E-state index in [0.29, 0.717) is 29.6 Å². The first kappa shape index (κ1) is 22.7. The van der Waals surface area contributed by atoms with Gasteiger partial charge in [-0.1, -0.05) is 32.1 Å². The van der Waals surface area contributed by atoms with Crippen LogP contribution in [0, 0.1) is 11.7 Å². The number of fused-ring (bicyclic) bond motifs is 1. The number of nitrogens with one attached hydrogen (secondary N) is 1. The van der Waals surface area contributed by atoms with Gasteiger partial charge in [0.15, 0.2) is 0 Å². The Labute approximate surface area is 193 Å². The number of hydrogen-bond acceptors (Lipinski definition) is 6. The van der Waals surface area contributed by atoms with Crippen LogP contribution in [0.3, 0.4) is 0 Å². The number of anilines is 1. The first-order chi connectivity index (χ1) is 16.0. The fraction of sp³-hybridized carbons (Fsp3) is 0.346. The molecule has 2 aromatic carbocycles. The highest BCUT2D eigenvalue weighted by molar-refractivity contribution is 5.98. The van der Waals surface area contributed by atoms with Crippen LogP contribution in [-0.4, -0.2) is 35.6 Å². The predicted molar refractivity (Wildman–Crippen MR) is 130 cm³/mol. The molecular formula is C26H29FN4O2. The normalized spacial score (nSPS) is 18.4. The van der Waals surface area contributed by atoms with E-state index in [1.807, 2.05) is 19.1 Å². The van der Waals surface area contributed by atoms with Gasteiger partial charge in [0.2, 0.25) is 5.90 Å². The van der Waals surface area contributed by atoms with E-state index in [9.17, 15) is 4.39 Å². The maximum absolute atomic E-state index is 13.5. The van der Waals surface area contributed by atoms with Crippen LogP contribution in [0.5, 0.6) is 5.75 Å². The molecule has 2 heterocycles. The third-order valence-electron chi connectivity index (χ3n) is 5.65. The van der Waals surface area contributed by atoms with Gasteiger partial charge in [0.25, 0.3) is 0 Å². The van der Waals surface area contributed by atoms with Crippen molar-refractivity contribution in [3.05, 3.63) is 60.3 Å². The first-order valence-electron chi connectivity index (χ1n) is 11.2.